The summed E-state index contributed by atoms with van der Waals surface area (Å²) in [5.41, 5.74) is 15.7. The zero-order valence-corrected chi connectivity index (χ0v) is 52.3. The van der Waals surface area contributed by atoms with Gasteiger partial charge in [0.2, 0.25) is 11.6 Å². The topological polar surface area (TPSA) is 130 Å². The SMILES string of the molecule is CCCCN1/C(=C\C=C2/CCC/C(=C\C=C3\N(CCCC)c4ccccc4C3(C)C)C2=[N+]2CCN(C(=O)CCC(=O)OCC3(C)Nc4cccc5c(N=Nc6ccc(N=Nc7ccccc7)c7ccccc67)ccc(c45)N3)CC2)C(C)(C)c2ccccc21. The summed E-state index contributed by atoms with van der Waals surface area (Å²) in [7, 11) is 0. The van der Waals surface area contributed by atoms with E-state index in [1.54, 1.807) is 0 Å². The first-order valence-electron chi connectivity index (χ1n) is 31.9. The molecular formula is C75H83N10O3+. The highest BCUT2D eigenvalue weighted by Crippen LogP contribution is 2.50. The van der Waals surface area contributed by atoms with E-state index in [0.29, 0.717) is 31.9 Å². The van der Waals surface area contributed by atoms with E-state index in [4.69, 9.17) is 15.0 Å². The van der Waals surface area contributed by atoms with Crippen molar-refractivity contribution in [2.45, 2.75) is 123 Å². The van der Waals surface area contributed by atoms with Crippen LogP contribution in [0.4, 0.5) is 45.5 Å². The lowest BCUT2D eigenvalue weighted by atomic mass is 9.82. The number of nitrogens with zero attached hydrogens (tertiary/aromatic N) is 8. The van der Waals surface area contributed by atoms with Gasteiger partial charge in [-0.25, -0.2) is 4.58 Å². The highest BCUT2D eigenvalue weighted by Gasteiger charge is 2.42. The highest BCUT2D eigenvalue weighted by molar-refractivity contribution is 6.11. The third-order valence-electron chi connectivity index (χ3n) is 18.5. The second-order valence-electron chi connectivity index (χ2n) is 25.3. The molecule has 1 atom stereocenters. The quantitative estimate of drug-likeness (QED) is 0.0528. The van der Waals surface area contributed by atoms with Gasteiger partial charge in [-0.2, -0.15) is 5.11 Å². The molecule has 5 aliphatic rings. The summed E-state index contributed by atoms with van der Waals surface area (Å²) in [5.74, 6) is -0.439. The van der Waals surface area contributed by atoms with E-state index < -0.39 is 11.6 Å². The predicted molar refractivity (Wildman–Crippen MR) is 360 cm³/mol. The van der Waals surface area contributed by atoms with Crippen LogP contribution in [0.1, 0.15) is 117 Å². The molecule has 88 heavy (non-hydrogen) atoms. The molecule has 7 aromatic carbocycles. The molecule has 7 aromatic rings. The van der Waals surface area contributed by atoms with E-state index in [9.17, 15) is 9.59 Å². The third kappa shape index (κ3) is 12.0. The molecule has 4 aliphatic heterocycles. The number of rotatable bonds is 17. The zero-order valence-electron chi connectivity index (χ0n) is 52.3. The van der Waals surface area contributed by atoms with Crippen molar-refractivity contribution < 1.29 is 18.9 Å². The van der Waals surface area contributed by atoms with Gasteiger partial charge in [0.1, 0.15) is 12.3 Å². The Bertz CT molecular complexity index is 3910. The third-order valence-corrected chi connectivity index (χ3v) is 18.5. The van der Waals surface area contributed by atoms with E-state index in [0.717, 1.165) is 108 Å². The molecule has 0 spiro atoms. The van der Waals surface area contributed by atoms with Crippen LogP contribution in [0.5, 0.6) is 0 Å². The lowest BCUT2D eigenvalue weighted by Gasteiger charge is -2.38. The summed E-state index contributed by atoms with van der Waals surface area (Å²) in [4.78, 5) is 34.7. The largest absolute Gasteiger partial charge is 0.461 e. The van der Waals surface area contributed by atoms with Crippen molar-refractivity contribution in [3.8, 4) is 0 Å². The van der Waals surface area contributed by atoms with Gasteiger partial charge in [-0.05, 0) is 117 Å². The average molecular weight is 1170 g/mol. The number of hydrogen-bond donors (Lipinski definition) is 2. The van der Waals surface area contributed by atoms with E-state index in [1.165, 1.54) is 50.8 Å². The lowest BCUT2D eigenvalue weighted by molar-refractivity contribution is -0.537. The molecule has 2 fully saturated rings. The van der Waals surface area contributed by atoms with E-state index in [-0.39, 0.29) is 36.2 Å². The Morgan fingerprint density at radius 2 is 1.06 bits per heavy atom. The van der Waals surface area contributed by atoms with E-state index >= 15 is 0 Å². The van der Waals surface area contributed by atoms with E-state index in [2.05, 4.69) is 150 Å². The van der Waals surface area contributed by atoms with Gasteiger partial charge in [0, 0.05) is 97.2 Å². The molecule has 1 saturated carbocycles. The molecule has 1 saturated heterocycles. The highest BCUT2D eigenvalue weighted by atomic mass is 16.5. The molecule has 1 amide bonds. The number of carbonyl (C=O) groups is 2. The number of azo groups is 2. The van der Waals surface area contributed by atoms with Gasteiger partial charge in [0.15, 0.2) is 13.1 Å². The molecule has 1 aliphatic carbocycles. The maximum atomic E-state index is 14.0. The number of nitrogens with one attached hydrogen (secondary N) is 2. The van der Waals surface area contributed by atoms with Crippen LogP contribution in [0.25, 0.3) is 21.5 Å². The molecule has 0 bridgehead atoms. The number of fused-ring (bicyclic) bond motifs is 3. The van der Waals surface area contributed by atoms with Gasteiger partial charge in [-0.3, -0.25) is 9.59 Å². The molecule has 0 aromatic heterocycles. The number of allylic oxidation sites excluding steroid dienone is 8. The summed E-state index contributed by atoms with van der Waals surface area (Å²) in [5, 5.41) is 29.5. The minimum atomic E-state index is -0.817. The van der Waals surface area contributed by atoms with Crippen molar-refractivity contribution in [1.29, 1.82) is 0 Å². The van der Waals surface area contributed by atoms with Crippen LogP contribution in [0.3, 0.4) is 0 Å². The smallest absolute Gasteiger partial charge is 0.306 e. The maximum absolute atomic E-state index is 14.0. The van der Waals surface area contributed by atoms with Crippen LogP contribution in [-0.2, 0) is 25.2 Å². The molecule has 2 N–H and O–H groups in total. The Morgan fingerprint density at radius 1 is 0.557 bits per heavy atom. The Kier molecular flexibility index (Phi) is 17.1. The molecule has 13 heteroatoms. The Hall–Kier alpha value is -8.97. The van der Waals surface area contributed by atoms with Crippen LogP contribution in [0.2, 0.25) is 0 Å². The molecule has 0 radical (unpaired) electrons. The van der Waals surface area contributed by atoms with Crippen LogP contribution >= 0.6 is 0 Å². The predicted octanol–water partition coefficient (Wildman–Crippen LogP) is 18.0. The maximum Gasteiger partial charge on any atom is 0.306 e. The van der Waals surface area contributed by atoms with Crippen molar-refractivity contribution in [1.82, 2.24) is 4.90 Å². The number of amides is 1. The first-order chi connectivity index (χ1) is 42.7. The summed E-state index contributed by atoms with van der Waals surface area (Å²) in [6.07, 6.45) is 17.3. The van der Waals surface area contributed by atoms with Crippen LogP contribution in [0.15, 0.2) is 213 Å². The van der Waals surface area contributed by atoms with Gasteiger partial charge in [-0.15, -0.1) is 15.3 Å². The summed E-state index contributed by atoms with van der Waals surface area (Å²) in [6.45, 7) is 20.6. The van der Waals surface area contributed by atoms with Gasteiger partial charge in [0.25, 0.3) is 0 Å². The zero-order chi connectivity index (χ0) is 61.0. The van der Waals surface area contributed by atoms with Crippen molar-refractivity contribution in [2.24, 2.45) is 20.5 Å². The van der Waals surface area contributed by atoms with Crippen LogP contribution in [0, 0.1) is 0 Å². The van der Waals surface area contributed by atoms with Crippen molar-refractivity contribution >= 4 is 84.6 Å². The van der Waals surface area contributed by atoms with Crippen molar-refractivity contribution in [3.63, 3.8) is 0 Å². The number of anilines is 4. The normalized spacial score (nSPS) is 20.5. The standard InChI is InChI=1S/C75H83N10O3/c1-8-10-45-84-65-33-19-17-30-58(65)73(3,4)67(84)41-35-52-23-21-24-53(36-42-68-74(5,6)59-31-18-20-34-66(59)85(68)46-11-9-2)72(52)83-49-47-82(48-50-83)69(86)43-44-70(87)88-51-75(7)76-63-32-22-29-57-62(39-40-64(77-75)71(57)63)81-80-61-38-37-60(55-27-15-16-28-56(55)61)79-78-54-25-13-12-14-26-54/h12-20,22,25-42,76-77H,8-11,21,23-24,43-51H2,1-7H3/q+1. The first-order valence-corrected chi connectivity index (χ1v) is 31.9. The number of esters is 1. The van der Waals surface area contributed by atoms with Gasteiger partial charge in [0.05, 0.1) is 42.3 Å². The molecule has 450 valence electrons. The molecule has 12 rings (SSSR count). The summed E-state index contributed by atoms with van der Waals surface area (Å²) < 4.78 is 8.50. The number of ether oxygens (including phenoxy) is 1. The van der Waals surface area contributed by atoms with Crippen LogP contribution < -0.4 is 20.4 Å². The molecular weight excluding hydrogens is 1090 g/mol. The van der Waals surface area contributed by atoms with Gasteiger partial charge in [-0.1, -0.05) is 158 Å². The first kappa shape index (κ1) is 59.4. The number of para-hydroxylation sites is 2. The fourth-order valence-electron chi connectivity index (χ4n) is 13.8. The number of unbranched alkanes of at least 4 members (excludes halogenated alkanes) is 2. The lowest BCUT2D eigenvalue weighted by Crippen LogP contribution is -2.49. The fraction of sp³-hybridized carbons (Fsp3) is 0.347. The minimum Gasteiger partial charge on any atom is -0.461 e. The van der Waals surface area contributed by atoms with Gasteiger partial charge < -0.3 is 30.1 Å². The van der Waals surface area contributed by atoms with Crippen LogP contribution in [-0.4, -0.2) is 78.6 Å². The van der Waals surface area contributed by atoms with Crippen molar-refractivity contribution in [3.05, 3.63) is 204 Å². The van der Waals surface area contributed by atoms with Crippen molar-refractivity contribution in [2.75, 3.05) is 66.3 Å². The second-order valence-corrected chi connectivity index (χ2v) is 25.3. The molecule has 4 heterocycles. The summed E-state index contributed by atoms with van der Waals surface area (Å²) in [6, 6.07) is 49.4. The number of piperazine rings is 1. The summed E-state index contributed by atoms with van der Waals surface area (Å²) >= 11 is 0. The molecule has 13 nitrogen and oxygen atoms in total. The Balaban J connectivity index is 0.723. The average Bonchev–Trinajstić information content (AvgIpc) is 2.19. The number of carbonyl (C=O) groups excluding carboxylic acids is 2. The Labute approximate surface area is 519 Å². The Morgan fingerprint density at radius 3 is 1.64 bits per heavy atom. The minimum absolute atomic E-state index is 0.00305. The number of hydrogen-bond acceptors (Lipinski definition) is 11. The monoisotopic (exact) mass is 1170 g/mol. The fourth-order valence-corrected chi connectivity index (χ4v) is 13.8. The second kappa shape index (κ2) is 25.4. The molecule has 1 unspecified atom stereocenters. The van der Waals surface area contributed by atoms with E-state index in [1.807, 2.05) is 109 Å². The number of benzene rings is 7. The van der Waals surface area contributed by atoms with Gasteiger partial charge >= 0.3 is 5.97 Å².